The number of hydrogen-bond donors (Lipinski definition) is 0. The van der Waals surface area contributed by atoms with E-state index in [-0.39, 0.29) is 6.71 Å². The van der Waals surface area contributed by atoms with Crippen LogP contribution in [0.5, 0.6) is 11.6 Å². The normalized spacial score (nSPS) is 12.6. The SMILES string of the molecule is Cc1cccc(C)c1-n1c(-c2ccc3c(c2)B2c4cc(Oc5ccccn5)ccc4N(c4ccccc4)c4cccc(c42)N3c2ccccc2)nc2ccccc21. The zero-order valence-electron chi connectivity index (χ0n) is 31.5. The third-order valence-electron chi connectivity index (χ3n) is 11.3. The Bertz CT molecular complexity index is 2950. The molecule has 11 rings (SSSR count). The minimum absolute atomic E-state index is 0.119. The summed E-state index contributed by atoms with van der Waals surface area (Å²) in [5.74, 6) is 2.21. The minimum atomic E-state index is -0.119. The zero-order chi connectivity index (χ0) is 38.0. The zero-order valence-corrected chi connectivity index (χ0v) is 31.5. The monoisotopic (exact) mass is 733 g/mol. The molecule has 2 aliphatic heterocycles. The number of imidazole rings is 1. The fraction of sp³-hybridized carbons (Fsp3) is 0.0400. The molecule has 2 aromatic heterocycles. The molecule has 2 aliphatic rings. The van der Waals surface area contributed by atoms with Gasteiger partial charge >= 0.3 is 0 Å². The summed E-state index contributed by atoms with van der Waals surface area (Å²) in [7, 11) is 0. The first-order chi connectivity index (χ1) is 28.1. The van der Waals surface area contributed by atoms with Crippen molar-refractivity contribution in [3.8, 4) is 28.7 Å². The molecule has 4 heterocycles. The Hall–Kier alpha value is -7.38. The summed E-state index contributed by atoms with van der Waals surface area (Å²) in [6.45, 7) is 4.25. The highest BCUT2D eigenvalue weighted by Gasteiger charge is 2.43. The van der Waals surface area contributed by atoms with Crippen molar-refractivity contribution in [3.05, 3.63) is 193 Å². The van der Waals surface area contributed by atoms with Crippen LogP contribution in [-0.2, 0) is 0 Å². The van der Waals surface area contributed by atoms with Crippen LogP contribution in [0.1, 0.15) is 11.1 Å². The number of benzene rings is 7. The van der Waals surface area contributed by atoms with Crippen molar-refractivity contribution in [2.24, 2.45) is 0 Å². The van der Waals surface area contributed by atoms with Gasteiger partial charge in [-0.1, -0.05) is 84.9 Å². The molecule has 0 spiro atoms. The van der Waals surface area contributed by atoms with E-state index in [1.165, 1.54) is 22.1 Å². The first-order valence-electron chi connectivity index (χ1n) is 19.4. The number of ether oxygens (including phenoxy) is 1. The molecule has 0 bridgehead atoms. The van der Waals surface area contributed by atoms with Crippen molar-refractivity contribution in [3.63, 3.8) is 0 Å². The van der Waals surface area contributed by atoms with Gasteiger partial charge in [-0.2, -0.15) is 0 Å². The maximum atomic E-state index is 6.45. The smallest absolute Gasteiger partial charge is 0.252 e. The van der Waals surface area contributed by atoms with E-state index in [1.54, 1.807) is 6.20 Å². The van der Waals surface area contributed by atoms with Gasteiger partial charge < -0.3 is 14.5 Å². The molecule has 0 aliphatic carbocycles. The Balaban J connectivity index is 1.20. The fourth-order valence-electron chi connectivity index (χ4n) is 8.97. The molecule has 0 N–H and O–H groups in total. The Morgan fingerprint density at radius 2 is 1.14 bits per heavy atom. The Morgan fingerprint density at radius 3 is 1.82 bits per heavy atom. The predicted molar refractivity (Wildman–Crippen MR) is 234 cm³/mol. The molecule has 57 heavy (non-hydrogen) atoms. The average Bonchev–Trinajstić information content (AvgIpc) is 3.63. The van der Waals surface area contributed by atoms with Gasteiger partial charge in [0.2, 0.25) is 5.88 Å². The highest BCUT2D eigenvalue weighted by Crippen LogP contribution is 2.45. The molecule has 0 saturated heterocycles. The first kappa shape index (κ1) is 33.0. The molecular formula is C50H36BN5O. The van der Waals surface area contributed by atoms with Crippen molar-refractivity contribution in [2.75, 3.05) is 9.80 Å². The van der Waals surface area contributed by atoms with Crippen molar-refractivity contribution in [1.82, 2.24) is 14.5 Å². The van der Waals surface area contributed by atoms with Crippen molar-refractivity contribution in [1.29, 1.82) is 0 Å². The summed E-state index contributed by atoms with van der Waals surface area (Å²) >= 11 is 0. The number of rotatable bonds is 6. The quantitative estimate of drug-likeness (QED) is 0.159. The van der Waals surface area contributed by atoms with E-state index >= 15 is 0 Å². The molecule has 0 amide bonds. The summed E-state index contributed by atoms with van der Waals surface area (Å²) in [6, 6.07) is 62.2. The summed E-state index contributed by atoms with van der Waals surface area (Å²) in [6.07, 6.45) is 1.76. The van der Waals surface area contributed by atoms with E-state index in [4.69, 9.17) is 9.72 Å². The van der Waals surface area contributed by atoms with E-state index in [0.29, 0.717) is 5.88 Å². The van der Waals surface area contributed by atoms with E-state index in [0.717, 1.165) is 73.4 Å². The van der Waals surface area contributed by atoms with E-state index in [1.807, 2.05) is 18.2 Å². The lowest BCUT2D eigenvalue weighted by Gasteiger charge is -2.44. The molecule has 0 fully saturated rings. The van der Waals surface area contributed by atoms with Gasteiger partial charge in [0.25, 0.3) is 6.71 Å². The van der Waals surface area contributed by atoms with Gasteiger partial charge in [0.15, 0.2) is 0 Å². The largest absolute Gasteiger partial charge is 0.439 e. The molecule has 7 aromatic carbocycles. The lowest BCUT2D eigenvalue weighted by Crippen LogP contribution is -2.61. The van der Waals surface area contributed by atoms with Gasteiger partial charge in [-0.25, -0.2) is 9.97 Å². The number of nitrogens with zero attached hydrogens (tertiary/aromatic N) is 5. The Kier molecular flexibility index (Phi) is 7.61. The number of hydrogen-bond acceptors (Lipinski definition) is 5. The second-order valence-electron chi connectivity index (χ2n) is 14.7. The number of para-hydroxylation sites is 5. The fourth-order valence-corrected chi connectivity index (χ4v) is 8.97. The van der Waals surface area contributed by atoms with Crippen LogP contribution >= 0.6 is 0 Å². The molecule has 0 atom stereocenters. The average molecular weight is 734 g/mol. The van der Waals surface area contributed by atoms with Crippen molar-refractivity contribution >= 4 is 68.3 Å². The van der Waals surface area contributed by atoms with Gasteiger partial charge in [0, 0.05) is 52.0 Å². The van der Waals surface area contributed by atoms with Gasteiger partial charge in [0.05, 0.1) is 16.7 Å². The summed E-state index contributed by atoms with van der Waals surface area (Å²) < 4.78 is 8.80. The van der Waals surface area contributed by atoms with Crippen LogP contribution in [0.4, 0.5) is 34.1 Å². The highest BCUT2D eigenvalue weighted by atomic mass is 16.5. The van der Waals surface area contributed by atoms with Gasteiger partial charge in [-0.05, 0) is 126 Å². The van der Waals surface area contributed by atoms with Crippen LogP contribution in [0, 0.1) is 13.8 Å². The summed E-state index contributed by atoms with van der Waals surface area (Å²) in [5.41, 5.74) is 17.0. The van der Waals surface area contributed by atoms with Crippen molar-refractivity contribution < 1.29 is 4.74 Å². The van der Waals surface area contributed by atoms with Crippen molar-refractivity contribution in [2.45, 2.75) is 13.8 Å². The Labute approximate surface area is 332 Å². The molecule has 7 heteroatoms. The van der Waals surface area contributed by atoms with Crippen LogP contribution in [-0.4, -0.2) is 21.2 Å². The van der Waals surface area contributed by atoms with E-state index in [2.05, 4.69) is 191 Å². The standard InChI is InChI=1S/C50H36BN5O/c1-33-15-13-16-34(2)49(33)56-44-22-10-9-21-41(44)53-50(56)35-26-28-42-39(31-35)51-40-32-38(57-47-25-11-12-30-52-47)27-29-43(40)55(37-19-7-4-8-20-37)46-24-14-23-45(48(46)51)54(42)36-17-5-3-6-18-36/h3-32H,1-2H3. The third-order valence-corrected chi connectivity index (χ3v) is 11.3. The molecule has 0 unspecified atom stereocenters. The van der Waals surface area contributed by atoms with Gasteiger partial charge in [0.1, 0.15) is 11.6 Å². The molecule has 9 aromatic rings. The minimum Gasteiger partial charge on any atom is -0.439 e. The number of aryl methyl sites for hydroxylation is 2. The topological polar surface area (TPSA) is 46.4 Å². The van der Waals surface area contributed by atoms with Crippen LogP contribution in [0.2, 0.25) is 0 Å². The van der Waals surface area contributed by atoms with Gasteiger partial charge in [-0.15, -0.1) is 0 Å². The molecule has 6 nitrogen and oxygen atoms in total. The van der Waals surface area contributed by atoms with E-state index < -0.39 is 0 Å². The number of aromatic nitrogens is 3. The molecule has 270 valence electrons. The molecular weight excluding hydrogens is 697 g/mol. The molecule has 0 radical (unpaired) electrons. The summed E-state index contributed by atoms with van der Waals surface area (Å²) in [5, 5.41) is 0. The second-order valence-corrected chi connectivity index (χ2v) is 14.7. The molecule has 0 saturated carbocycles. The maximum Gasteiger partial charge on any atom is 0.252 e. The predicted octanol–water partition coefficient (Wildman–Crippen LogP) is 10.6. The Morgan fingerprint density at radius 1 is 0.526 bits per heavy atom. The van der Waals surface area contributed by atoms with Gasteiger partial charge in [-0.3, -0.25) is 4.57 Å². The first-order valence-corrected chi connectivity index (χ1v) is 19.4. The highest BCUT2D eigenvalue weighted by molar-refractivity contribution is 7.00. The number of fused-ring (bicyclic) bond motifs is 5. The second kappa shape index (κ2) is 13.1. The lowest BCUT2D eigenvalue weighted by atomic mass is 9.33. The summed E-state index contributed by atoms with van der Waals surface area (Å²) in [4.78, 5) is 14.7. The number of anilines is 6. The van der Waals surface area contributed by atoms with Crippen LogP contribution in [0.3, 0.4) is 0 Å². The maximum absolute atomic E-state index is 6.45. The van der Waals surface area contributed by atoms with E-state index in [9.17, 15) is 0 Å². The van der Waals surface area contributed by atoms with Crippen LogP contribution in [0.25, 0.3) is 28.1 Å². The number of pyridine rings is 1. The van der Waals surface area contributed by atoms with Crippen LogP contribution in [0.15, 0.2) is 182 Å². The lowest BCUT2D eigenvalue weighted by molar-refractivity contribution is 0.463. The third kappa shape index (κ3) is 5.27. The van der Waals surface area contributed by atoms with Crippen LogP contribution < -0.4 is 30.9 Å².